The van der Waals surface area contributed by atoms with Crippen molar-refractivity contribution in [1.82, 2.24) is 0 Å². The van der Waals surface area contributed by atoms with Crippen LogP contribution in [-0.4, -0.2) is 25.3 Å². The summed E-state index contributed by atoms with van der Waals surface area (Å²) in [6, 6.07) is 0. The number of carbonyl (C=O) groups excluding carboxylic acids is 1. The lowest BCUT2D eigenvalue weighted by molar-refractivity contribution is -0.195. The molecule has 0 amide bonds. The molecule has 72 valence electrons. The molecule has 1 unspecified atom stereocenters. The van der Waals surface area contributed by atoms with E-state index >= 15 is 0 Å². The minimum absolute atomic E-state index is 0.0780. The fourth-order valence-electron chi connectivity index (χ4n) is 0.606. The Balaban J connectivity index is 4.25. The minimum atomic E-state index is -4.61. The third kappa shape index (κ3) is 3.08. The smallest absolute Gasteiger partial charge is 0.403 e. The molecule has 0 rings (SSSR count). The van der Waals surface area contributed by atoms with E-state index in [4.69, 9.17) is 5.73 Å². The van der Waals surface area contributed by atoms with Crippen molar-refractivity contribution >= 4 is 5.97 Å². The Kier molecular flexibility index (Phi) is 4.02. The maximum atomic E-state index is 11.9. The first kappa shape index (κ1) is 11.2. The van der Waals surface area contributed by atoms with Crippen molar-refractivity contribution in [3.05, 3.63) is 0 Å². The van der Waals surface area contributed by atoms with E-state index in [0.717, 1.165) is 0 Å². The van der Waals surface area contributed by atoms with Crippen molar-refractivity contribution in [3.8, 4) is 0 Å². The summed E-state index contributed by atoms with van der Waals surface area (Å²) in [6.07, 6.45) is -4.61. The molecule has 0 aromatic carbocycles. The third-order valence-electron chi connectivity index (χ3n) is 1.20. The van der Waals surface area contributed by atoms with Gasteiger partial charge < -0.3 is 10.5 Å². The molecule has 0 aliphatic carbocycles. The van der Waals surface area contributed by atoms with Gasteiger partial charge in [-0.25, -0.2) is 0 Å². The third-order valence-corrected chi connectivity index (χ3v) is 1.20. The number of hydrogen-bond donors (Lipinski definition) is 1. The maximum Gasteiger partial charge on any atom is 0.403 e. The molecular formula is C6H10F3NO2. The van der Waals surface area contributed by atoms with Crippen molar-refractivity contribution in [2.75, 3.05) is 13.2 Å². The molecule has 0 saturated heterocycles. The lowest BCUT2D eigenvalue weighted by atomic mass is 10.1. The van der Waals surface area contributed by atoms with Gasteiger partial charge in [-0.05, 0) is 6.92 Å². The molecule has 0 spiro atoms. The van der Waals surface area contributed by atoms with Crippen LogP contribution in [0.3, 0.4) is 0 Å². The highest BCUT2D eigenvalue weighted by Crippen LogP contribution is 2.26. The molecule has 0 heterocycles. The first-order chi connectivity index (χ1) is 5.43. The fraction of sp³-hybridized carbons (Fsp3) is 0.833. The second-order valence-electron chi connectivity index (χ2n) is 2.08. The summed E-state index contributed by atoms with van der Waals surface area (Å²) in [7, 11) is 0. The van der Waals surface area contributed by atoms with Gasteiger partial charge in [0.25, 0.3) is 0 Å². The number of halogens is 3. The van der Waals surface area contributed by atoms with Crippen LogP contribution in [0, 0.1) is 5.92 Å². The van der Waals surface area contributed by atoms with Crippen LogP contribution in [0.15, 0.2) is 0 Å². The zero-order valence-electron chi connectivity index (χ0n) is 6.52. The number of ether oxygens (including phenoxy) is 1. The number of nitrogens with two attached hydrogens (primary N) is 1. The summed E-state index contributed by atoms with van der Waals surface area (Å²) in [5.74, 6) is -3.51. The topological polar surface area (TPSA) is 52.3 Å². The molecule has 0 aliphatic rings. The number of alkyl halides is 3. The summed E-state index contributed by atoms with van der Waals surface area (Å²) in [5.41, 5.74) is 4.77. The van der Waals surface area contributed by atoms with Gasteiger partial charge in [-0.3, -0.25) is 4.79 Å². The van der Waals surface area contributed by atoms with Gasteiger partial charge in [-0.2, -0.15) is 13.2 Å². The van der Waals surface area contributed by atoms with Crippen LogP contribution in [-0.2, 0) is 9.53 Å². The molecule has 0 radical (unpaired) electrons. The quantitative estimate of drug-likeness (QED) is 0.658. The van der Waals surface area contributed by atoms with Crippen LogP contribution in [0.5, 0.6) is 0 Å². The van der Waals surface area contributed by atoms with Gasteiger partial charge in [0.15, 0.2) is 5.92 Å². The van der Waals surface area contributed by atoms with Crippen LogP contribution in [0.1, 0.15) is 6.92 Å². The second-order valence-corrected chi connectivity index (χ2v) is 2.08. The van der Waals surface area contributed by atoms with Gasteiger partial charge in [-0.1, -0.05) is 0 Å². The fourth-order valence-corrected chi connectivity index (χ4v) is 0.606. The summed E-state index contributed by atoms with van der Waals surface area (Å²) >= 11 is 0. The van der Waals surface area contributed by atoms with Crippen molar-refractivity contribution < 1.29 is 22.7 Å². The zero-order chi connectivity index (χ0) is 9.78. The van der Waals surface area contributed by atoms with Gasteiger partial charge in [-0.15, -0.1) is 0 Å². The number of rotatable bonds is 3. The highest BCUT2D eigenvalue weighted by atomic mass is 19.4. The van der Waals surface area contributed by atoms with Crippen molar-refractivity contribution in [2.45, 2.75) is 13.1 Å². The summed E-state index contributed by atoms with van der Waals surface area (Å²) in [6.45, 7) is 0.579. The molecule has 0 saturated carbocycles. The summed E-state index contributed by atoms with van der Waals surface area (Å²) in [5, 5.41) is 0. The van der Waals surface area contributed by atoms with E-state index < -0.39 is 24.6 Å². The standard InChI is InChI=1S/C6H10F3NO2/c1-2-12-5(11)4(3-10)6(7,8)9/h4H,2-3,10H2,1H3. The normalized spacial score (nSPS) is 14.1. The molecular weight excluding hydrogens is 175 g/mol. The van der Waals surface area contributed by atoms with Gasteiger partial charge in [0, 0.05) is 6.54 Å². The Morgan fingerprint density at radius 2 is 2.08 bits per heavy atom. The average molecular weight is 185 g/mol. The van der Waals surface area contributed by atoms with E-state index in [1.807, 2.05) is 0 Å². The Hall–Kier alpha value is -0.780. The lowest BCUT2D eigenvalue weighted by Crippen LogP contribution is -2.37. The Labute approximate surface area is 67.7 Å². The predicted molar refractivity (Wildman–Crippen MR) is 35.2 cm³/mol. The average Bonchev–Trinajstić information content (AvgIpc) is 1.85. The molecule has 3 nitrogen and oxygen atoms in total. The molecule has 0 fully saturated rings. The van der Waals surface area contributed by atoms with Gasteiger partial charge in [0.2, 0.25) is 0 Å². The van der Waals surface area contributed by atoms with E-state index in [2.05, 4.69) is 4.74 Å². The molecule has 2 N–H and O–H groups in total. The zero-order valence-corrected chi connectivity index (χ0v) is 6.52. The van der Waals surface area contributed by atoms with E-state index in [1.165, 1.54) is 6.92 Å². The van der Waals surface area contributed by atoms with Crippen LogP contribution >= 0.6 is 0 Å². The molecule has 6 heteroatoms. The van der Waals surface area contributed by atoms with Crippen LogP contribution in [0.2, 0.25) is 0 Å². The highest BCUT2D eigenvalue weighted by molar-refractivity contribution is 5.73. The van der Waals surface area contributed by atoms with Crippen molar-refractivity contribution in [2.24, 2.45) is 11.7 Å². The Bertz CT molecular complexity index is 157. The lowest BCUT2D eigenvalue weighted by Gasteiger charge is -2.16. The molecule has 0 aromatic rings. The highest BCUT2D eigenvalue weighted by Gasteiger charge is 2.44. The van der Waals surface area contributed by atoms with Crippen LogP contribution in [0.4, 0.5) is 13.2 Å². The number of carbonyl (C=O) groups is 1. The predicted octanol–water partition coefficient (Wildman–Crippen LogP) is 0.687. The van der Waals surface area contributed by atoms with E-state index in [-0.39, 0.29) is 6.61 Å². The number of hydrogen-bond acceptors (Lipinski definition) is 3. The van der Waals surface area contributed by atoms with Crippen molar-refractivity contribution in [1.29, 1.82) is 0 Å². The minimum Gasteiger partial charge on any atom is -0.465 e. The Morgan fingerprint density at radius 1 is 1.58 bits per heavy atom. The van der Waals surface area contributed by atoms with Crippen molar-refractivity contribution in [3.63, 3.8) is 0 Å². The summed E-state index contributed by atoms with van der Waals surface area (Å²) < 4.78 is 39.9. The van der Waals surface area contributed by atoms with Gasteiger partial charge >= 0.3 is 12.1 Å². The maximum absolute atomic E-state index is 11.9. The molecule has 12 heavy (non-hydrogen) atoms. The Morgan fingerprint density at radius 3 is 2.33 bits per heavy atom. The molecule has 0 bridgehead atoms. The molecule has 1 atom stereocenters. The van der Waals surface area contributed by atoms with E-state index in [0.29, 0.717) is 0 Å². The second kappa shape index (κ2) is 4.30. The molecule has 0 aliphatic heterocycles. The van der Waals surface area contributed by atoms with Crippen LogP contribution in [0.25, 0.3) is 0 Å². The molecule has 0 aromatic heterocycles. The van der Waals surface area contributed by atoms with E-state index in [1.54, 1.807) is 0 Å². The monoisotopic (exact) mass is 185 g/mol. The van der Waals surface area contributed by atoms with E-state index in [9.17, 15) is 18.0 Å². The SMILES string of the molecule is CCOC(=O)C(CN)C(F)(F)F. The van der Waals surface area contributed by atoms with Crippen LogP contribution < -0.4 is 5.73 Å². The number of esters is 1. The largest absolute Gasteiger partial charge is 0.465 e. The van der Waals surface area contributed by atoms with Gasteiger partial charge in [0.1, 0.15) is 0 Å². The summed E-state index contributed by atoms with van der Waals surface area (Å²) in [4.78, 5) is 10.6. The van der Waals surface area contributed by atoms with Gasteiger partial charge in [0.05, 0.1) is 6.61 Å². The first-order valence-corrected chi connectivity index (χ1v) is 3.36. The first-order valence-electron chi connectivity index (χ1n) is 3.36.